The van der Waals surface area contributed by atoms with Crippen molar-refractivity contribution < 1.29 is 20.1 Å². The van der Waals surface area contributed by atoms with Gasteiger partial charge in [-0.3, -0.25) is 4.79 Å². The van der Waals surface area contributed by atoms with Crippen LogP contribution in [0.3, 0.4) is 0 Å². The van der Waals surface area contributed by atoms with Gasteiger partial charge in [-0.15, -0.1) is 0 Å². The first-order valence-corrected chi connectivity index (χ1v) is 11.2. The molecule has 4 aliphatic carbocycles. The third-order valence-electron chi connectivity index (χ3n) is 9.27. The average molecular weight is 381 g/mol. The summed E-state index contributed by atoms with van der Waals surface area (Å²) in [7, 11) is 0. The van der Waals surface area contributed by atoms with Crippen LogP contribution in [0.25, 0.3) is 0 Å². The van der Waals surface area contributed by atoms with Gasteiger partial charge in [0, 0.05) is 13.3 Å². The molecular weight excluding hydrogens is 340 g/mol. The number of hydrogen-bond donors (Lipinski definition) is 3. The highest BCUT2D eigenvalue weighted by atomic mass is 16.5. The van der Waals surface area contributed by atoms with Crippen molar-refractivity contribution in [3.8, 4) is 0 Å². The fourth-order valence-corrected chi connectivity index (χ4v) is 8.05. The molecule has 4 heteroatoms. The highest BCUT2D eigenvalue weighted by Crippen LogP contribution is 2.67. The molecule has 0 heterocycles. The van der Waals surface area contributed by atoms with Crippen molar-refractivity contribution in [2.75, 3.05) is 0 Å². The number of carbonyl (C=O) groups is 1. The Balaban J connectivity index is 0.000000481. The van der Waals surface area contributed by atoms with Gasteiger partial charge in [0.05, 0.1) is 0 Å². The SMILES string of the molecule is CC(=O)O.C[C@]12CC[C@H]3[C@@H](CCC4CCCC[C@@]43C)[C@@H]1CC[C@@H]2CC(O)O. The van der Waals surface area contributed by atoms with Crippen LogP contribution in [0.5, 0.6) is 0 Å². The zero-order valence-electron chi connectivity index (χ0n) is 17.5. The molecule has 0 saturated heterocycles. The van der Waals surface area contributed by atoms with Crippen molar-refractivity contribution >= 4 is 5.97 Å². The van der Waals surface area contributed by atoms with E-state index in [9.17, 15) is 10.2 Å². The Bertz CT molecular complexity index is 528. The third-order valence-corrected chi connectivity index (χ3v) is 9.27. The van der Waals surface area contributed by atoms with Gasteiger partial charge < -0.3 is 15.3 Å². The van der Waals surface area contributed by atoms with Gasteiger partial charge >= 0.3 is 0 Å². The lowest BCUT2D eigenvalue weighted by atomic mass is 9.45. The van der Waals surface area contributed by atoms with Gasteiger partial charge in [0.15, 0.2) is 6.29 Å². The molecule has 0 amide bonds. The van der Waals surface area contributed by atoms with Crippen LogP contribution in [0.1, 0.15) is 91.4 Å². The van der Waals surface area contributed by atoms with E-state index >= 15 is 0 Å². The Morgan fingerprint density at radius 2 is 1.59 bits per heavy atom. The Morgan fingerprint density at radius 3 is 2.26 bits per heavy atom. The Labute approximate surface area is 164 Å². The molecule has 1 unspecified atom stereocenters. The monoisotopic (exact) mass is 380 g/mol. The number of aliphatic hydroxyl groups excluding tert-OH is 1. The number of fused-ring (bicyclic) bond motifs is 5. The van der Waals surface area contributed by atoms with Crippen LogP contribution < -0.4 is 0 Å². The van der Waals surface area contributed by atoms with Crippen molar-refractivity contribution in [3.63, 3.8) is 0 Å². The second-order valence-electron chi connectivity index (χ2n) is 10.5. The van der Waals surface area contributed by atoms with E-state index < -0.39 is 12.3 Å². The first-order chi connectivity index (χ1) is 12.7. The Morgan fingerprint density at radius 1 is 0.926 bits per heavy atom. The van der Waals surface area contributed by atoms with Gasteiger partial charge in [0.2, 0.25) is 0 Å². The lowest BCUT2D eigenvalue weighted by Crippen LogP contribution is -2.52. The maximum Gasteiger partial charge on any atom is 0.300 e. The fourth-order valence-electron chi connectivity index (χ4n) is 8.05. The zero-order valence-corrected chi connectivity index (χ0v) is 17.5. The average Bonchev–Trinajstić information content (AvgIpc) is 2.90. The van der Waals surface area contributed by atoms with Gasteiger partial charge in [-0.05, 0) is 91.8 Å². The predicted molar refractivity (Wildman–Crippen MR) is 106 cm³/mol. The van der Waals surface area contributed by atoms with Crippen LogP contribution in [-0.4, -0.2) is 27.6 Å². The van der Waals surface area contributed by atoms with Crippen molar-refractivity contribution in [3.05, 3.63) is 0 Å². The zero-order chi connectivity index (χ0) is 19.8. The third kappa shape index (κ3) is 3.94. The van der Waals surface area contributed by atoms with E-state index in [1.165, 1.54) is 64.2 Å². The number of rotatable bonds is 2. The molecule has 4 nitrogen and oxygen atoms in total. The molecule has 0 aromatic heterocycles. The first-order valence-electron chi connectivity index (χ1n) is 11.2. The molecule has 0 aliphatic heterocycles. The highest BCUT2D eigenvalue weighted by molar-refractivity contribution is 5.62. The van der Waals surface area contributed by atoms with Gasteiger partial charge in [0.1, 0.15) is 0 Å². The summed E-state index contributed by atoms with van der Waals surface area (Å²) in [6.45, 7) is 6.21. The first kappa shape index (κ1) is 21.1. The minimum atomic E-state index is -1.11. The van der Waals surface area contributed by atoms with Gasteiger partial charge in [0.25, 0.3) is 5.97 Å². The van der Waals surface area contributed by atoms with Gasteiger partial charge in [-0.2, -0.15) is 0 Å². The predicted octanol–water partition coefficient (Wildman–Crippen LogP) is 4.83. The molecule has 0 radical (unpaired) electrons. The summed E-state index contributed by atoms with van der Waals surface area (Å²) in [4.78, 5) is 9.00. The molecule has 0 aromatic rings. The van der Waals surface area contributed by atoms with Gasteiger partial charge in [-0.25, -0.2) is 0 Å². The minimum absolute atomic E-state index is 0.378. The van der Waals surface area contributed by atoms with E-state index in [0.29, 0.717) is 23.2 Å². The molecule has 27 heavy (non-hydrogen) atoms. The summed E-state index contributed by atoms with van der Waals surface area (Å²) in [5.74, 6) is 3.43. The molecular formula is C23H40O4. The molecule has 4 rings (SSSR count). The van der Waals surface area contributed by atoms with Crippen molar-refractivity contribution in [1.82, 2.24) is 0 Å². The van der Waals surface area contributed by atoms with Gasteiger partial charge in [-0.1, -0.05) is 26.7 Å². The van der Waals surface area contributed by atoms with Crippen LogP contribution in [0, 0.1) is 40.4 Å². The van der Waals surface area contributed by atoms with Crippen LogP contribution in [0.2, 0.25) is 0 Å². The number of aliphatic hydroxyl groups is 2. The van der Waals surface area contributed by atoms with E-state index in [-0.39, 0.29) is 0 Å². The molecule has 4 saturated carbocycles. The fraction of sp³-hybridized carbons (Fsp3) is 0.957. The number of aliphatic carboxylic acids is 1. The van der Waals surface area contributed by atoms with E-state index in [2.05, 4.69) is 13.8 Å². The number of carboxylic acids is 1. The maximum absolute atomic E-state index is 9.50. The minimum Gasteiger partial charge on any atom is -0.481 e. The molecule has 3 N–H and O–H groups in total. The van der Waals surface area contributed by atoms with Crippen LogP contribution in [0.15, 0.2) is 0 Å². The van der Waals surface area contributed by atoms with E-state index in [0.717, 1.165) is 30.6 Å². The molecule has 156 valence electrons. The Hall–Kier alpha value is -0.610. The quantitative estimate of drug-likeness (QED) is 0.600. The van der Waals surface area contributed by atoms with E-state index in [4.69, 9.17) is 9.90 Å². The molecule has 0 spiro atoms. The topological polar surface area (TPSA) is 77.8 Å². The maximum atomic E-state index is 9.50. The Kier molecular flexibility index (Phi) is 6.27. The summed E-state index contributed by atoms with van der Waals surface area (Å²) < 4.78 is 0. The summed E-state index contributed by atoms with van der Waals surface area (Å²) in [6.07, 6.45) is 13.6. The second-order valence-corrected chi connectivity index (χ2v) is 10.5. The van der Waals surface area contributed by atoms with Crippen molar-refractivity contribution in [2.24, 2.45) is 40.4 Å². The smallest absolute Gasteiger partial charge is 0.300 e. The molecule has 4 aliphatic rings. The number of hydrogen-bond acceptors (Lipinski definition) is 3. The normalized spacial score (nSPS) is 45.9. The lowest BCUT2D eigenvalue weighted by Gasteiger charge is -2.60. The summed E-state index contributed by atoms with van der Waals surface area (Å²) >= 11 is 0. The second kappa shape index (κ2) is 8.02. The highest BCUT2D eigenvalue weighted by Gasteiger charge is 2.59. The molecule has 0 bridgehead atoms. The largest absolute Gasteiger partial charge is 0.481 e. The molecule has 4 fully saturated rings. The van der Waals surface area contributed by atoms with E-state index in [1.807, 2.05) is 0 Å². The standard InChI is InChI=1S/C21H36O2.C2H4O2/c1-20-11-4-3-5-14(20)6-8-16-17-9-7-15(13-19(22)23)21(17,2)12-10-18(16)20;1-2(3)4/h14-19,22-23H,3-13H2,1-2H3;1H3,(H,3,4)/t14?,15-,16+,17+,18+,20+,21-;/m1./s1. The molecule has 7 atom stereocenters. The summed E-state index contributed by atoms with van der Waals surface area (Å²) in [5, 5.41) is 26.4. The number of carboxylic acid groups (broad SMARTS) is 1. The van der Waals surface area contributed by atoms with Crippen LogP contribution in [0.4, 0.5) is 0 Å². The summed E-state index contributed by atoms with van der Waals surface area (Å²) in [5.41, 5.74) is 1.000. The van der Waals surface area contributed by atoms with Crippen LogP contribution >= 0.6 is 0 Å². The van der Waals surface area contributed by atoms with Crippen molar-refractivity contribution in [1.29, 1.82) is 0 Å². The lowest BCUT2D eigenvalue weighted by molar-refractivity contribution is -0.134. The van der Waals surface area contributed by atoms with Crippen molar-refractivity contribution in [2.45, 2.75) is 97.7 Å². The van der Waals surface area contributed by atoms with Crippen LogP contribution in [-0.2, 0) is 4.79 Å². The van der Waals surface area contributed by atoms with E-state index in [1.54, 1.807) is 0 Å². The molecule has 0 aromatic carbocycles. The summed E-state index contributed by atoms with van der Waals surface area (Å²) in [6, 6.07) is 0.